The van der Waals surface area contributed by atoms with Gasteiger partial charge in [-0.25, -0.2) is 0 Å². The molecule has 1 heterocycles. The third-order valence-electron chi connectivity index (χ3n) is 6.62. The molecule has 0 unspecified atom stereocenters. The van der Waals surface area contributed by atoms with Gasteiger partial charge in [0.25, 0.3) is 0 Å². The molecular weight excluding hydrogens is 338 g/mol. The van der Waals surface area contributed by atoms with Crippen molar-refractivity contribution in [2.24, 2.45) is 4.99 Å². The lowest BCUT2D eigenvalue weighted by molar-refractivity contribution is -0.0352. The second-order valence-electron chi connectivity index (χ2n) is 8.80. The van der Waals surface area contributed by atoms with E-state index in [1.807, 2.05) is 7.05 Å². The minimum Gasteiger partial charge on any atom is -0.379 e. The van der Waals surface area contributed by atoms with Crippen molar-refractivity contribution in [3.05, 3.63) is 0 Å². The number of rotatable bonds is 8. The van der Waals surface area contributed by atoms with Crippen LogP contribution in [0.2, 0.25) is 0 Å². The minimum absolute atomic E-state index is 0.275. The van der Waals surface area contributed by atoms with Crippen LogP contribution >= 0.6 is 0 Å². The Bertz CT molecular complexity index is 463. The zero-order valence-electron chi connectivity index (χ0n) is 17.8. The van der Waals surface area contributed by atoms with Crippen LogP contribution in [0.25, 0.3) is 0 Å². The molecular formula is C21H41N5O. The van der Waals surface area contributed by atoms with E-state index in [-0.39, 0.29) is 5.54 Å². The van der Waals surface area contributed by atoms with Gasteiger partial charge in [-0.05, 0) is 39.5 Å². The molecule has 0 bridgehead atoms. The maximum absolute atomic E-state index is 5.60. The summed E-state index contributed by atoms with van der Waals surface area (Å²) >= 11 is 0. The molecule has 0 amide bonds. The molecule has 3 rings (SSSR count). The van der Waals surface area contributed by atoms with Crippen LogP contribution in [0.1, 0.15) is 58.8 Å². The maximum Gasteiger partial charge on any atom is 0.191 e. The van der Waals surface area contributed by atoms with Gasteiger partial charge in [-0.1, -0.05) is 19.3 Å². The fourth-order valence-electron chi connectivity index (χ4n) is 4.89. The van der Waals surface area contributed by atoms with Crippen molar-refractivity contribution in [3.8, 4) is 0 Å². The Morgan fingerprint density at radius 2 is 1.85 bits per heavy atom. The standard InChI is InChI=1S/C21H41N5O/c1-18(2)26(19-7-8-19)12-11-23-20(22-3)24-17-21(9-5-4-6-10-21)25-13-15-27-16-14-25/h18-19H,4-17H2,1-3H3,(H2,22,23,24). The number of nitrogens with zero attached hydrogens (tertiary/aromatic N) is 3. The predicted octanol–water partition coefficient (Wildman–Crippen LogP) is 2.06. The third-order valence-corrected chi connectivity index (χ3v) is 6.62. The van der Waals surface area contributed by atoms with Crippen molar-refractivity contribution >= 4 is 5.96 Å². The first kappa shape index (κ1) is 20.9. The fraction of sp³-hybridized carbons (Fsp3) is 0.952. The van der Waals surface area contributed by atoms with E-state index in [0.29, 0.717) is 6.04 Å². The molecule has 0 aromatic carbocycles. The summed E-state index contributed by atoms with van der Waals surface area (Å²) in [4.78, 5) is 9.79. The van der Waals surface area contributed by atoms with Crippen LogP contribution in [0.5, 0.6) is 0 Å². The third kappa shape index (κ3) is 5.81. The molecule has 6 nitrogen and oxygen atoms in total. The van der Waals surface area contributed by atoms with Crippen molar-refractivity contribution < 1.29 is 4.74 Å². The molecule has 0 atom stereocenters. The van der Waals surface area contributed by atoms with E-state index in [0.717, 1.165) is 57.9 Å². The van der Waals surface area contributed by atoms with Gasteiger partial charge in [0.2, 0.25) is 0 Å². The highest BCUT2D eigenvalue weighted by Crippen LogP contribution is 2.33. The number of nitrogens with one attached hydrogen (secondary N) is 2. The topological polar surface area (TPSA) is 52.1 Å². The molecule has 156 valence electrons. The summed E-state index contributed by atoms with van der Waals surface area (Å²) in [6.45, 7) is 11.5. The Labute approximate surface area is 166 Å². The zero-order valence-corrected chi connectivity index (χ0v) is 17.8. The summed E-state index contributed by atoms with van der Waals surface area (Å²) < 4.78 is 5.60. The fourth-order valence-corrected chi connectivity index (χ4v) is 4.89. The lowest BCUT2D eigenvalue weighted by Gasteiger charge is -2.48. The Kier molecular flexibility index (Phi) is 7.79. The number of hydrogen-bond donors (Lipinski definition) is 2. The molecule has 3 fully saturated rings. The van der Waals surface area contributed by atoms with E-state index < -0.39 is 0 Å². The van der Waals surface area contributed by atoms with Crippen LogP contribution in [0.3, 0.4) is 0 Å². The Morgan fingerprint density at radius 3 is 2.44 bits per heavy atom. The maximum atomic E-state index is 5.60. The van der Waals surface area contributed by atoms with Gasteiger partial charge in [-0.3, -0.25) is 14.8 Å². The summed E-state index contributed by atoms with van der Waals surface area (Å²) in [5, 5.41) is 7.21. The van der Waals surface area contributed by atoms with Gasteiger partial charge in [0.15, 0.2) is 5.96 Å². The van der Waals surface area contributed by atoms with Gasteiger partial charge < -0.3 is 15.4 Å². The predicted molar refractivity (Wildman–Crippen MR) is 112 cm³/mol. The number of hydrogen-bond acceptors (Lipinski definition) is 4. The van der Waals surface area contributed by atoms with E-state index in [1.165, 1.54) is 44.9 Å². The monoisotopic (exact) mass is 379 g/mol. The zero-order chi connectivity index (χ0) is 19.1. The quantitative estimate of drug-likeness (QED) is 0.499. The Morgan fingerprint density at radius 1 is 1.15 bits per heavy atom. The average Bonchev–Trinajstić information content (AvgIpc) is 3.53. The first-order valence-corrected chi connectivity index (χ1v) is 11.2. The highest BCUT2D eigenvalue weighted by atomic mass is 16.5. The van der Waals surface area contributed by atoms with Crippen LogP contribution in [0, 0.1) is 0 Å². The van der Waals surface area contributed by atoms with Crippen molar-refractivity contribution in [1.82, 2.24) is 20.4 Å². The van der Waals surface area contributed by atoms with Crippen LogP contribution in [0.4, 0.5) is 0 Å². The first-order chi connectivity index (χ1) is 13.1. The van der Waals surface area contributed by atoms with Gasteiger partial charge in [-0.15, -0.1) is 0 Å². The summed E-state index contributed by atoms with van der Waals surface area (Å²) in [5.41, 5.74) is 0.275. The lowest BCUT2D eigenvalue weighted by Crippen LogP contribution is -2.60. The second-order valence-corrected chi connectivity index (χ2v) is 8.80. The van der Waals surface area contributed by atoms with E-state index >= 15 is 0 Å². The highest BCUT2D eigenvalue weighted by molar-refractivity contribution is 5.79. The molecule has 2 saturated carbocycles. The van der Waals surface area contributed by atoms with Crippen molar-refractivity contribution in [1.29, 1.82) is 0 Å². The van der Waals surface area contributed by atoms with Crippen molar-refractivity contribution in [2.75, 3.05) is 53.0 Å². The number of guanidine groups is 1. The molecule has 2 N–H and O–H groups in total. The van der Waals surface area contributed by atoms with Crippen LogP contribution < -0.4 is 10.6 Å². The normalized spacial score (nSPS) is 24.4. The smallest absolute Gasteiger partial charge is 0.191 e. The van der Waals surface area contributed by atoms with Crippen molar-refractivity contribution in [3.63, 3.8) is 0 Å². The SMILES string of the molecule is CN=C(NCCN(C(C)C)C1CC1)NCC1(N2CCOCC2)CCCCC1. The van der Waals surface area contributed by atoms with Crippen LogP contribution in [0.15, 0.2) is 4.99 Å². The molecule has 3 aliphatic rings. The molecule has 0 radical (unpaired) electrons. The molecule has 1 saturated heterocycles. The van der Waals surface area contributed by atoms with Gasteiger partial charge in [-0.2, -0.15) is 0 Å². The van der Waals surface area contributed by atoms with Crippen LogP contribution in [-0.4, -0.2) is 86.4 Å². The average molecular weight is 380 g/mol. The van der Waals surface area contributed by atoms with Gasteiger partial charge in [0.05, 0.1) is 13.2 Å². The minimum atomic E-state index is 0.275. The highest BCUT2D eigenvalue weighted by Gasteiger charge is 2.38. The summed E-state index contributed by atoms with van der Waals surface area (Å²) in [7, 11) is 1.89. The van der Waals surface area contributed by atoms with E-state index in [1.54, 1.807) is 0 Å². The molecule has 0 aromatic rings. The first-order valence-electron chi connectivity index (χ1n) is 11.2. The molecule has 6 heteroatoms. The Hall–Kier alpha value is -0.850. The number of morpholine rings is 1. The molecule has 0 spiro atoms. The number of aliphatic imine (C=N–C) groups is 1. The van der Waals surface area contributed by atoms with E-state index in [9.17, 15) is 0 Å². The van der Waals surface area contributed by atoms with Crippen LogP contribution in [-0.2, 0) is 4.74 Å². The largest absolute Gasteiger partial charge is 0.379 e. The molecule has 1 aliphatic heterocycles. The van der Waals surface area contributed by atoms with Gasteiger partial charge in [0, 0.05) is 57.4 Å². The Balaban J connectivity index is 1.48. The molecule has 2 aliphatic carbocycles. The lowest BCUT2D eigenvalue weighted by atomic mass is 9.80. The van der Waals surface area contributed by atoms with Crippen molar-refractivity contribution in [2.45, 2.75) is 76.4 Å². The number of ether oxygens (including phenoxy) is 1. The van der Waals surface area contributed by atoms with Gasteiger partial charge >= 0.3 is 0 Å². The summed E-state index contributed by atoms with van der Waals surface area (Å²) in [5.74, 6) is 0.952. The van der Waals surface area contributed by atoms with Gasteiger partial charge in [0.1, 0.15) is 0 Å². The van der Waals surface area contributed by atoms with E-state index in [2.05, 4.69) is 39.3 Å². The summed E-state index contributed by atoms with van der Waals surface area (Å²) in [6.07, 6.45) is 9.39. The summed E-state index contributed by atoms with van der Waals surface area (Å²) in [6, 6.07) is 1.44. The second kappa shape index (κ2) is 10.1. The molecule has 0 aromatic heterocycles. The molecule has 27 heavy (non-hydrogen) atoms. The van der Waals surface area contributed by atoms with E-state index in [4.69, 9.17) is 4.74 Å².